The highest BCUT2D eigenvalue weighted by molar-refractivity contribution is 9.10. The molecular weight excluding hydrogens is 322 g/mol. The average molecular weight is 338 g/mol. The molecule has 0 fully saturated rings. The Kier molecular flexibility index (Phi) is 5.76. The Morgan fingerprint density at radius 3 is 2.90 bits per heavy atom. The molecule has 2 rings (SSSR count). The van der Waals surface area contributed by atoms with E-state index in [4.69, 9.17) is 4.74 Å². The van der Waals surface area contributed by atoms with Crippen molar-refractivity contribution in [3.63, 3.8) is 0 Å². The molecule has 5 nitrogen and oxygen atoms in total. The molecule has 0 atom stereocenters. The minimum absolute atomic E-state index is 0.104. The first-order valence-corrected chi connectivity index (χ1v) is 7.14. The fourth-order valence-electron chi connectivity index (χ4n) is 1.67. The molecule has 0 saturated heterocycles. The van der Waals surface area contributed by atoms with Gasteiger partial charge in [0.2, 0.25) is 0 Å². The molecule has 1 aromatic heterocycles. The van der Waals surface area contributed by atoms with Crippen LogP contribution in [-0.4, -0.2) is 35.4 Å². The van der Waals surface area contributed by atoms with E-state index in [9.17, 15) is 4.79 Å². The Balaban J connectivity index is 1.61. The maximum Gasteiger partial charge on any atom is 0.252 e. The van der Waals surface area contributed by atoms with Crippen LogP contribution < -0.4 is 5.32 Å². The highest BCUT2D eigenvalue weighted by atomic mass is 79.9. The summed E-state index contributed by atoms with van der Waals surface area (Å²) in [5.41, 5.74) is 0.629. The molecule has 6 heteroatoms. The second-order valence-electron chi connectivity index (χ2n) is 4.12. The lowest BCUT2D eigenvalue weighted by Gasteiger charge is -2.07. The van der Waals surface area contributed by atoms with E-state index < -0.39 is 0 Å². The summed E-state index contributed by atoms with van der Waals surface area (Å²) in [5, 5.41) is 6.89. The summed E-state index contributed by atoms with van der Waals surface area (Å²) in [7, 11) is 0. The summed E-state index contributed by atoms with van der Waals surface area (Å²) >= 11 is 3.35. The van der Waals surface area contributed by atoms with Crippen molar-refractivity contribution in [2.45, 2.75) is 6.54 Å². The number of hydrogen-bond acceptors (Lipinski definition) is 3. The first-order valence-electron chi connectivity index (χ1n) is 6.35. The summed E-state index contributed by atoms with van der Waals surface area (Å²) in [6.07, 6.45) is 3.62. The second-order valence-corrected chi connectivity index (χ2v) is 4.97. The van der Waals surface area contributed by atoms with Crippen LogP contribution in [0.3, 0.4) is 0 Å². The van der Waals surface area contributed by atoms with Gasteiger partial charge in [0.1, 0.15) is 0 Å². The van der Waals surface area contributed by atoms with Crippen LogP contribution in [0.4, 0.5) is 0 Å². The Hall–Kier alpha value is -1.66. The molecule has 0 spiro atoms. The molecule has 0 saturated carbocycles. The zero-order valence-corrected chi connectivity index (χ0v) is 12.5. The van der Waals surface area contributed by atoms with Crippen LogP contribution in [0, 0.1) is 0 Å². The lowest BCUT2D eigenvalue weighted by molar-refractivity contribution is 0.0905. The van der Waals surface area contributed by atoms with Crippen LogP contribution in [0.2, 0.25) is 0 Å². The van der Waals surface area contributed by atoms with Crippen molar-refractivity contribution in [1.82, 2.24) is 15.1 Å². The van der Waals surface area contributed by atoms with Gasteiger partial charge in [0.05, 0.1) is 25.3 Å². The Morgan fingerprint density at radius 2 is 2.15 bits per heavy atom. The average Bonchev–Trinajstić information content (AvgIpc) is 2.96. The molecule has 1 amide bonds. The van der Waals surface area contributed by atoms with Crippen molar-refractivity contribution in [2.24, 2.45) is 0 Å². The normalized spacial score (nSPS) is 10.4. The minimum Gasteiger partial charge on any atom is -0.378 e. The first kappa shape index (κ1) is 14.7. The van der Waals surface area contributed by atoms with Gasteiger partial charge in [-0.25, -0.2) is 0 Å². The fourth-order valence-corrected chi connectivity index (χ4v) is 2.14. The van der Waals surface area contributed by atoms with E-state index in [1.165, 1.54) is 0 Å². The number of rotatable bonds is 7. The number of halogens is 1. The van der Waals surface area contributed by atoms with Gasteiger partial charge in [0, 0.05) is 23.4 Å². The number of carbonyl (C=O) groups is 1. The number of carbonyl (C=O) groups excluding carboxylic acids is 1. The van der Waals surface area contributed by atoms with Crippen LogP contribution >= 0.6 is 15.9 Å². The monoisotopic (exact) mass is 337 g/mol. The van der Waals surface area contributed by atoms with Gasteiger partial charge in [-0.05, 0) is 34.1 Å². The van der Waals surface area contributed by atoms with Crippen molar-refractivity contribution < 1.29 is 9.53 Å². The van der Waals surface area contributed by atoms with E-state index in [0.717, 1.165) is 4.47 Å². The van der Waals surface area contributed by atoms with Gasteiger partial charge in [0.25, 0.3) is 5.91 Å². The second kappa shape index (κ2) is 7.81. The van der Waals surface area contributed by atoms with Crippen molar-refractivity contribution in [3.8, 4) is 0 Å². The van der Waals surface area contributed by atoms with Crippen molar-refractivity contribution in [2.75, 3.05) is 19.8 Å². The Bertz CT molecular complexity index is 543. The number of benzene rings is 1. The summed E-state index contributed by atoms with van der Waals surface area (Å²) in [5.74, 6) is -0.104. The van der Waals surface area contributed by atoms with Gasteiger partial charge in [-0.3, -0.25) is 9.48 Å². The molecule has 0 aliphatic carbocycles. The minimum atomic E-state index is -0.104. The molecule has 20 heavy (non-hydrogen) atoms. The van der Waals surface area contributed by atoms with Gasteiger partial charge < -0.3 is 10.1 Å². The van der Waals surface area contributed by atoms with Gasteiger partial charge >= 0.3 is 0 Å². The van der Waals surface area contributed by atoms with Gasteiger partial charge in [0.15, 0.2) is 0 Å². The van der Waals surface area contributed by atoms with E-state index in [1.807, 2.05) is 30.5 Å². The van der Waals surface area contributed by atoms with Gasteiger partial charge in [-0.1, -0.05) is 12.1 Å². The number of amides is 1. The summed E-state index contributed by atoms with van der Waals surface area (Å²) < 4.78 is 8.03. The van der Waals surface area contributed by atoms with E-state index >= 15 is 0 Å². The van der Waals surface area contributed by atoms with Crippen molar-refractivity contribution >= 4 is 21.8 Å². The Morgan fingerprint density at radius 1 is 1.30 bits per heavy atom. The Labute approximate surface area is 126 Å². The highest BCUT2D eigenvalue weighted by Crippen LogP contribution is 2.15. The van der Waals surface area contributed by atoms with Crippen LogP contribution in [-0.2, 0) is 11.3 Å². The number of nitrogens with zero attached hydrogens (tertiary/aromatic N) is 2. The molecule has 1 heterocycles. The maximum absolute atomic E-state index is 11.9. The molecule has 0 aliphatic heterocycles. The molecule has 0 aliphatic rings. The molecule has 1 aromatic carbocycles. The zero-order valence-electron chi connectivity index (χ0n) is 11.0. The highest BCUT2D eigenvalue weighted by Gasteiger charge is 2.07. The molecule has 106 valence electrons. The van der Waals surface area contributed by atoms with Gasteiger partial charge in [-0.2, -0.15) is 5.10 Å². The molecule has 2 aromatic rings. The maximum atomic E-state index is 11.9. The largest absolute Gasteiger partial charge is 0.378 e. The molecule has 0 bridgehead atoms. The van der Waals surface area contributed by atoms with Crippen molar-refractivity contribution in [3.05, 3.63) is 52.8 Å². The lowest BCUT2D eigenvalue weighted by Crippen LogP contribution is -2.27. The van der Waals surface area contributed by atoms with E-state index in [-0.39, 0.29) is 5.91 Å². The van der Waals surface area contributed by atoms with E-state index in [0.29, 0.717) is 31.9 Å². The number of hydrogen-bond donors (Lipinski definition) is 1. The molecular formula is C14H16BrN3O2. The fraction of sp³-hybridized carbons (Fsp3) is 0.286. The van der Waals surface area contributed by atoms with Crippen LogP contribution in [0.5, 0.6) is 0 Å². The number of nitrogens with one attached hydrogen (secondary N) is 1. The SMILES string of the molecule is O=C(NCCOCCn1cccn1)c1ccccc1Br. The summed E-state index contributed by atoms with van der Waals surface area (Å²) in [6.45, 7) is 2.26. The summed E-state index contributed by atoms with van der Waals surface area (Å²) in [6, 6.07) is 9.20. The predicted molar refractivity (Wildman–Crippen MR) is 79.5 cm³/mol. The van der Waals surface area contributed by atoms with Crippen LogP contribution in [0.15, 0.2) is 47.2 Å². The predicted octanol–water partition coefficient (Wildman–Crippen LogP) is 2.09. The van der Waals surface area contributed by atoms with E-state index in [2.05, 4.69) is 26.3 Å². The van der Waals surface area contributed by atoms with Crippen LogP contribution in [0.1, 0.15) is 10.4 Å². The lowest BCUT2D eigenvalue weighted by atomic mass is 10.2. The smallest absolute Gasteiger partial charge is 0.252 e. The quantitative estimate of drug-likeness (QED) is 0.787. The molecule has 0 unspecified atom stereocenters. The zero-order chi connectivity index (χ0) is 14.2. The van der Waals surface area contributed by atoms with Crippen LogP contribution in [0.25, 0.3) is 0 Å². The third-order valence-corrected chi connectivity index (χ3v) is 3.37. The van der Waals surface area contributed by atoms with Gasteiger partial charge in [-0.15, -0.1) is 0 Å². The summed E-state index contributed by atoms with van der Waals surface area (Å²) in [4.78, 5) is 11.9. The molecule has 0 radical (unpaired) electrons. The third kappa shape index (κ3) is 4.47. The van der Waals surface area contributed by atoms with Crippen molar-refractivity contribution in [1.29, 1.82) is 0 Å². The number of aromatic nitrogens is 2. The topological polar surface area (TPSA) is 56.1 Å². The molecule has 1 N–H and O–H groups in total. The standard InChI is InChI=1S/C14H16BrN3O2/c15-13-5-2-1-4-12(13)14(19)16-7-10-20-11-9-18-8-3-6-17-18/h1-6,8H,7,9-11H2,(H,16,19). The number of ether oxygens (including phenoxy) is 1. The van der Waals surface area contributed by atoms with E-state index in [1.54, 1.807) is 16.9 Å². The first-order chi connectivity index (χ1) is 9.77. The third-order valence-electron chi connectivity index (χ3n) is 2.67.